The summed E-state index contributed by atoms with van der Waals surface area (Å²) in [5.74, 6) is 0. The lowest BCUT2D eigenvalue weighted by molar-refractivity contribution is 0.576. The first-order chi connectivity index (χ1) is 10.3. The van der Waals surface area contributed by atoms with Crippen LogP contribution >= 0.6 is 23.1 Å². The molecule has 0 aliphatic rings. The molecule has 2 aromatic carbocycles. The Balaban J connectivity index is 1.78. The highest BCUT2D eigenvalue weighted by Crippen LogP contribution is 2.34. The molecule has 0 saturated carbocycles. The van der Waals surface area contributed by atoms with Crippen molar-refractivity contribution in [1.29, 1.82) is 0 Å². The molecule has 1 unspecified atom stereocenters. The Bertz CT molecular complexity index is 682. The van der Waals surface area contributed by atoms with E-state index in [1.54, 1.807) is 23.1 Å². The number of thiazole rings is 1. The van der Waals surface area contributed by atoms with E-state index in [9.17, 15) is 0 Å². The predicted octanol–water partition coefficient (Wildman–Crippen LogP) is 5.12. The highest BCUT2D eigenvalue weighted by molar-refractivity contribution is 8.01. The molecule has 3 aromatic rings. The Morgan fingerprint density at radius 1 is 1.14 bits per heavy atom. The smallest absolute Gasteiger partial charge is 0.155 e. The van der Waals surface area contributed by atoms with Gasteiger partial charge in [-0.1, -0.05) is 43.0 Å². The third kappa shape index (κ3) is 3.28. The first-order valence-electron chi connectivity index (χ1n) is 7.11. The fourth-order valence-electron chi connectivity index (χ4n) is 2.37. The van der Waals surface area contributed by atoms with Crippen LogP contribution in [0.4, 0.5) is 0 Å². The maximum Gasteiger partial charge on any atom is 0.155 e. The molecular formula is C17H18N2S2. The molecule has 1 heterocycles. The summed E-state index contributed by atoms with van der Waals surface area (Å²) in [6, 6.07) is 17.5. The monoisotopic (exact) mass is 314 g/mol. The molecule has 1 atom stereocenters. The summed E-state index contributed by atoms with van der Waals surface area (Å²) in [5, 5.41) is 3.34. The van der Waals surface area contributed by atoms with Gasteiger partial charge in [0, 0.05) is 10.9 Å². The molecule has 0 radical (unpaired) electrons. The van der Waals surface area contributed by atoms with Crippen LogP contribution in [0.3, 0.4) is 0 Å². The summed E-state index contributed by atoms with van der Waals surface area (Å²) in [5.41, 5.74) is 2.43. The zero-order chi connectivity index (χ0) is 14.7. The summed E-state index contributed by atoms with van der Waals surface area (Å²) < 4.78 is 2.35. The maximum atomic E-state index is 4.67. The van der Waals surface area contributed by atoms with Crippen molar-refractivity contribution in [2.75, 3.05) is 7.05 Å². The lowest BCUT2D eigenvalue weighted by Crippen LogP contribution is -2.14. The Morgan fingerprint density at radius 2 is 1.90 bits per heavy atom. The Morgan fingerprint density at radius 3 is 2.57 bits per heavy atom. The normalized spacial score (nSPS) is 12.7. The topological polar surface area (TPSA) is 24.9 Å². The lowest BCUT2D eigenvalue weighted by atomic mass is 10.1. The first-order valence-corrected chi connectivity index (χ1v) is 8.74. The van der Waals surface area contributed by atoms with Gasteiger partial charge in [0.15, 0.2) is 4.34 Å². The van der Waals surface area contributed by atoms with Crippen LogP contribution in [-0.4, -0.2) is 12.0 Å². The molecule has 108 valence electrons. The number of hydrogen-bond donors (Lipinski definition) is 1. The van der Waals surface area contributed by atoms with Gasteiger partial charge in [0.2, 0.25) is 0 Å². The van der Waals surface area contributed by atoms with Crippen molar-refractivity contribution in [3.8, 4) is 0 Å². The van der Waals surface area contributed by atoms with E-state index >= 15 is 0 Å². The van der Waals surface area contributed by atoms with Gasteiger partial charge in [0.25, 0.3) is 0 Å². The van der Waals surface area contributed by atoms with Crippen LogP contribution in [0.5, 0.6) is 0 Å². The van der Waals surface area contributed by atoms with Crippen LogP contribution in [0.2, 0.25) is 0 Å². The van der Waals surface area contributed by atoms with Gasteiger partial charge >= 0.3 is 0 Å². The van der Waals surface area contributed by atoms with E-state index in [4.69, 9.17) is 0 Å². The molecule has 2 nitrogen and oxygen atoms in total. The zero-order valence-corrected chi connectivity index (χ0v) is 13.8. The van der Waals surface area contributed by atoms with Gasteiger partial charge in [-0.25, -0.2) is 4.98 Å². The molecule has 0 aliphatic carbocycles. The number of fused-ring (bicyclic) bond motifs is 1. The molecule has 0 fully saturated rings. The first kappa shape index (κ1) is 14.6. The molecule has 3 rings (SSSR count). The number of para-hydroxylation sites is 1. The van der Waals surface area contributed by atoms with Gasteiger partial charge in [-0.15, -0.1) is 11.3 Å². The third-order valence-corrected chi connectivity index (χ3v) is 5.62. The van der Waals surface area contributed by atoms with Gasteiger partial charge in [-0.05, 0) is 43.3 Å². The second-order valence-corrected chi connectivity index (χ2v) is 7.22. The minimum atomic E-state index is 0.437. The van der Waals surface area contributed by atoms with E-state index in [0.717, 1.165) is 16.3 Å². The number of nitrogens with zero attached hydrogens (tertiary/aromatic N) is 1. The van der Waals surface area contributed by atoms with Crippen molar-refractivity contribution >= 4 is 33.3 Å². The van der Waals surface area contributed by atoms with Crippen molar-refractivity contribution in [2.45, 2.75) is 28.6 Å². The number of rotatable bonds is 5. The largest absolute Gasteiger partial charge is 0.313 e. The van der Waals surface area contributed by atoms with E-state index in [2.05, 4.69) is 59.7 Å². The van der Waals surface area contributed by atoms with Crippen LogP contribution in [0, 0.1) is 0 Å². The maximum absolute atomic E-state index is 4.67. The minimum absolute atomic E-state index is 0.437. The van der Waals surface area contributed by atoms with Gasteiger partial charge < -0.3 is 5.32 Å². The van der Waals surface area contributed by atoms with Crippen LogP contribution in [0.25, 0.3) is 10.2 Å². The van der Waals surface area contributed by atoms with Crippen molar-refractivity contribution in [2.24, 2.45) is 0 Å². The molecule has 0 amide bonds. The molecule has 1 aromatic heterocycles. The average molecular weight is 314 g/mol. The number of hydrogen-bond acceptors (Lipinski definition) is 4. The Labute approximate surface area is 133 Å². The quantitative estimate of drug-likeness (QED) is 0.707. The second kappa shape index (κ2) is 6.60. The highest BCUT2D eigenvalue weighted by Gasteiger charge is 2.08. The Kier molecular flexibility index (Phi) is 4.58. The van der Waals surface area contributed by atoms with Crippen molar-refractivity contribution < 1.29 is 0 Å². The van der Waals surface area contributed by atoms with E-state index in [-0.39, 0.29) is 0 Å². The van der Waals surface area contributed by atoms with Gasteiger partial charge in [-0.2, -0.15) is 0 Å². The van der Waals surface area contributed by atoms with E-state index < -0.39 is 0 Å². The van der Waals surface area contributed by atoms with Crippen molar-refractivity contribution in [3.63, 3.8) is 0 Å². The number of aromatic nitrogens is 1. The minimum Gasteiger partial charge on any atom is -0.313 e. The zero-order valence-electron chi connectivity index (χ0n) is 12.2. The molecular weight excluding hydrogens is 296 g/mol. The predicted molar refractivity (Wildman–Crippen MR) is 92.3 cm³/mol. The molecule has 1 N–H and O–H groups in total. The number of benzene rings is 2. The van der Waals surface area contributed by atoms with Gasteiger partial charge in [0.05, 0.1) is 10.2 Å². The van der Waals surface area contributed by atoms with Gasteiger partial charge in [-0.3, -0.25) is 0 Å². The van der Waals surface area contributed by atoms with Crippen LogP contribution in [0.15, 0.2) is 57.8 Å². The van der Waals surface area contributed by atoms with E-state index in [1.807, 2.05) is 13.1 Å². The molecule has 4 heteroatoms. The molecule has 0 spiro atoms. The molecule has 0 bridgehead atoms. The fourth-order valence-corrected chi connectivity index (χ4v) is 4.41. The highest BCUT2D eigenvalue weighted by atomic mass is 32.2. The lowest BCUT2D eigenvalue weighted by Gasteiger charge is -2.14. The fraction of sp³-hybridized carbons (Fsp3) is 0.235. The summed E-state index contributed by atoms with van der Waals surface area (Å²) in [6.45, 7) is 2.20. The molecule has 0 aliphatic heterocycles. The van der Waals surface area contributed by atoms with Crippen molar-refractivity contribution in [1.82, 2.24) is 10.3 Å². The molecule has 21 heavy (non-hydrogen) atoms. The van der Waals surface area contributed by atoms with E-state index in [0.29, 0.717) is 6.04 Å². The van der Waals surface area contributed by atoms with E-state index in [1.165, 1.54) is 15.2 Å². The molecule has 0 saturated heterocycles. The summed E-state index contributed by atoms with van der Waals surface area (Å²) in [6.07, 6.45) is 1.10. The standard InChI is InChI=1S/C17H18N2S2/c1-3-14(18-2)12-8-10-13(11-9-12)20-17-19-15-6-4-5-7-16(15)21-17/h4-11,14,18H,3H2,1-2H3. The van der Waals surface area contributed by atoms with Crippen LogP contribution in [-0.2, 0) is 0 Å². The summed E-state index contributed by atoms with van der Waals surface area (Å²) in [4.78, 5) is 5.91. The third-order valence-electron chi connectivity index (χ3n) is 3.52. The average Bonchev–Trinajstić information content (AvgIpc) is 2.92. The van der Waals surface area contributed by atoms with Crippen LogP contribution in [0.1, 0.15) is 24.9 Å². The van der Waals surface area contributed by atoms with Gasteiger partial charge in [0.1, 0.15) is 0 Å². The summed E-state index contributed by atoms with van der Waals surface area (Å²) >= 11 is 3.49. The summed E-state index contributed by atoms with van der Waals surface area (Å²) in [7, 11) is 2.01. The van der Waals surface area contributed by atoms with Crippen molar-refractivity contribution in [3.05, 3.63) is 54.1 Å². The SMILES string of the molecule is CCC(NC)c1ccc(Sc2nc3ccccc3s2)cc1. The second-order valence-electron chi connectivity index (χ2n) is 4.87. The number of nitrogens with one attached hydrogen (secondary N) is 1. The van der Waals surface area contributed by atoms with Crippen LogP contribution < -0.4 is 5.32 Å². The Hall–Kier alpha value is -1.36.